The molecule has 194 valence electrons. The van der Waals surface area contributed by atoms with Crippen molar-refractivity contribution in [3.05, 3.63) is 121 Å². The number of hydrogen-bond donors (Lipinski definition) is 0. The standard InChI is InChI=1S/C35H20N2O3.2Ga/c1-4-12-27(13-5-1)37(28-14-6-2-7-15-28)29-16-10-19-31(24-29)39-34-22-23-35(36-26-34)40-33-21-11-20-32(25-33)38-30-17-8-3-9-18-30;;/h1-14,16-17,19-22H;;. The fourth-order valence-electron chi connectivity index (χ4n) is 7.17. The number of anilines is 3. The molecule has 10 rings (SSSR count). The Kier molecular flexibility index (Phi) is 4.78. The average Bonchev–Trinajstić information content (AvgIpc) is 3.04. The number of ether oxygens (including phenoxy) is 3. The van der Waals surface area contributed by atoms with E-state index in [0.29, 0.717) is 0 Å². The zero-order valence-corrected chi connectivity index (χ0v) is 27.2. The number of fused-ring (bicyclic) bond motifs is 8. The summed E-state index contributed by atoms with van der Waals surface area (Å²) in [7, 11) is 0. The summed E-state index contributed by atoms with van der Waals surface area (Å²) in [5, 5.41) is 0. The molecule has 0 radical (unpaired) electrons. The van der Waals surface area contributed by atoms with E-state index in [-0.39, 0.29) is 0 Å². The quantitative estimate of drug-likeness (QED) is 0.248. The molecule has 0 bridgehead atoms. The number of rotatable bonds is 1. The predicted molar refractivity (Wildman–Crippen MR) is 168 cm³/mol. The van der Waals surface area contributed by atoms with Gasteiger partial charge in [0.2, 0.25) is 0 Å². The fourth-order valence-corrected chi connectivity index (χ4v) is 21.0. The van der Waals surface area contributed by atoms with E-state index in [0.717, 1.165) is 44.6 Å². The van der Waals surface area contributed by atoms with Gasteiger partial charge in [0.15, 0.2) is 0 Å². The van der Waals surface area contributed by atoms with Crippen LogP contribution in [0.15, 0.2) is 121 Å². The van der Waals surface area contributed by atoms with Crippen LogP contribution in [-0.4, -0.2) is 37.4 Å². The molecule has 4 aliphatic rings. The first-order chi connectivity index (χ1) is 20.8. The summed E-state index contributed by atoms with van der Waals surface area (Å²) in [6.45, 7) is 0. The van der Waals surface area contributed by atoms with Crippen LogP contribution in [0.4, 0.5) is 17.1 Å². The zero-order chi connectivity index (χ0) is 27.4. The first-order valence-electron chi connectivity index (χ1n) is 14.2. The fraction of sp³-hybridized carbons (Fsp3) is 0. The van der Waals surface area contributed by atoms with E-state index in [1.807, 2.05) is 12.1 Å². The molecule has 0 amide bonds. The topological polar surface area (TPSA) is 43.8 Å². The minimum absolute atomic E-state index is 0.748. The SMILES string of the molecule is c1ccc(N2c3cccc[c]3[Ga]3[c]4nc5[c](cc4Oc4cccc2[c]43)[Ga]2[c]3ccccc3Oc3cccc([c]32)O5)cc1. The van der Waals surface area contributed by atoms with Crippen LogP contribution in [0.3, 0.4) is 0 Å². The Bertz CT molecular complexity index is 2120. The molecule has 0 aliphatic carbocycles. The van der Waals surface area contributed by atoms with Crippen molar-refractivity contribution in [3.8, 4) is 34.6 Å². The van der Waals surface area contributed by atoms with Crippen molar-refractivity contribution in [1.29, 1.82) is 0 Å². The van der Waals surface area contributed by atoms with Gasteiger partial charge >= 0.3 is 254 Å². The summed E-state index contributed by atoms with van der Waals surface area (Å²) in [5.41, 5.74) is 3.57. The zero-order valence-electron chi connectivity index (χ0n) is 22.3. The van der Waals surface area contributed by atoms with Crippen molar-refractivity contribution in [1.82, 2.24) is 4.98 Å². The van der Waals surface area contributed by atoms with Crippen LogP contribution < -0.4 is 43.9 Å². The van der Waals surface area contributed by atoms with Gasteiger partial charge in [0, 0.05) is 0 Å². The maximum absolute atomic E-state index is 6.81. The maximum atomic E-state index is 6.81. The number of benzene rings is 5. The molecule has 0 fully saturated rings. The minimum atomic E-state index is -2.68. The summed E-state index contributed by atoms with van der Waals surface area (Å²) >= 11 is -5.24. The molecule has 0 unspecified atom stereocenters. The van der Waals surface area contributed by atoms with Gasteiger partial charge in [-0.25, -0.2) is 0 Å². The molecule has 0 N–H and O–H groups in total. The monoisotopic (exact) mass is 654 g/mol. The third-order valence-electron chi connectivity index (χ3n) is 8.86. The molecule has 5 heterocycles. The number of pyridine rings is 1. The van der Waals surface area contributed by atoms with Gasteiger partial charge in [-0.15, -0.1) is 0 Å². The van der Waals surface area contributed by atoms with Crippen LogP contribution in [0, 0.1) is 0 Å². The van der Waals surface area contributed by atoms with Crippen LogP contribution in [0.2, 0.25) is 0 Å². The summed E-state index contributed by atoms with van der Waals surface area (Å²) in [6, 6.07) is 42.8. The second-order valence-corrected chi connectivity index (χ2v) is 22.2. The van der Waals surface area contributed by atoms with E-state index < -0.39 is 32.4 Å². The van der Waals surface area contributed by atoms with Crippen LogP contribution in [0.5, 0.6) is 34.6 Å². The number of hydrogen-bond acceptors (Lipinski definition) is 5. The molecule has 0 spiro atoms. The Labute approximate surface area is 253 Å². The van der Waals surface area contributed by atoms with Gasteiger partial charge in [0.05, 0.1) is 0 Å². The van der Waals surface area contributed by atoms with E-state index in [4.69, 9.17) is 19.2 Å². The van der Waals surface area contributed by atoms with Crippen molar-refractivity contribution >= 4 is 74.3 Å². The summed E-state index contributed by atoms with van der Waals surface area (Å²) in [5.74, 6) is 5.35. The van der Waals surface area contributed by atoms with Gasteiger partial charge in [-0.05, 0) is 0 Å². The number of aromatic nitrogens is 1. The van der Waals surface area contributed by atoms with Gasteiger partial charge in [0.1, 0.15) is 0 Å². The summed E-state index contributed by atoms with van der Waals surface area (Å²) in [4.78, 5) is 7.80. The molecular formula is C35H20Ga2N2O3. The third-order valence-corrected chi connectivity index (χ3v) is 22.5. The third kappa shape index (κ3) is 3.11. The molecule has 5 aromatic carbocycles. The molecule has 6 aromatic rings. The molecule has 5 nitrogen and oxygen atoms in total. The Morgan fingerprint density at radius 2 is 1.12 bits per heavy atom. The van der Waals surface area contributed by atoms with E-state index in [1.54, 1.807) is 0 Å². The van der Waals surface area contributed by atoms with E-state index >= 15 is 0 Å². The van der Waals surface area contributed by atoms with Crippen LogP contribution in [0.1, 0.15) is 0 Å². The van der Waals surface area contributed by atoms with Crippen molar-refractivity contribution in [2.45, 2.75) is 0 Å². The Balaban J connectivity index is 1.21. The predicted octanol–water partition coefficient (Wildman–Crippen LogP) is 4.21. The van der Waals surface area contributed by atoms with Crippen molar-refractivity contribution < 1.29 is 14.2 Å². The molecular weight excluding hydrogens is 636 g/mol. The first kappa shape index (κ1) is 23.3. The molecule has 0 saturated heterocycles. The van der Waals surface area contributed by atoms with E-state index in [2.05, 4.69) is 114 Å². The Morgan fingerprint density at radius 3 is 2.00 bits per heavy atom. The van der Waals surface area contributed by atoms with E-state index in [1.165, 1.54) is 32.0 Å². The summed E-state index contributed by atoms with van der Waals surface area (Å²) in [6.07, 6.45) is 0. The van der Waals surface area contributed by atoms with Gasteiger partial charge in [-0.3, -0.25) is 0 Å². The van der Waals surface area contributed by atoms with Crippen molar-refractivity contribution in [2.24, 2.45) is 0 Å². The van der Waals surface area contributed by atoms with Crippen molar-refractivity contribution in [2.75, 3.05) is 4.90 Å². The van der Waals surface area contributed by atoms with E-state index in [9.17, 15) is 0 Å². The van der Waals surface area contributed by atoms with Crippen LogP contribution >= 0.6 is 0 Å². The molecule has 4 aliphatic heterocycles. The number of para-hydroxylation sites is 3. The van der Waals surface area contributed by atoms with Gasteiger partial charge in [-0.1, -0.05) is 0 Å². The molecule has 1 aromatic heterocycles. The Hall–Kier alpha value is -4.28. The Morgan fingerprint density at radius 1 is 0.476 bits per heavy atom. The summed E-state index contributed by atoms with van der Waals surface area (Å²) < 4.78 is 27.3. The molecule has 0 saturated carbocycles. The van der Waals surface area contributed by atoms with Crippen molar-refractivity contribution in [3.63, 3.8) is 0 Å². The molecule has 7 heteroatoms. The normalized spacial score (nSPS) is 14.1. The van der Waals surface area contributed by atoms with Gasteiger partial charge in [-0.2, -0.15) is 0 Å². The second kappa shape index (κ2) is 8.62. The van der Waals surface area contributed by atoms with Crippen LogP contribution in [0.25, 0.3) is 0 Å². The van der Waals surface area contributed by atoms with Crippen LogP contribution in [-0.2, 0) is 0 Å². The first-order valence-corrected chi connectivity index (χ1v) is 21.5. The van der Waals surface area contributed by atoms with Gasteiger partial charge < -0.3 is 0 Å². The average molecular weight is 656 g/mol. The molecule has 0 atom stereocenters. The number of nitrogens with zero attached hydrogens (tertiary/aromatic N) is 2. The van der Waals surface area contributed by atoms with Gasteiger partial charge in [0.25, 0.3) is 0 Å². The molecule has 42 heavy (non-hydrogen) atoms. The second-order valence-electron chi connectivity index (χ2n) is 11.1.